The molecule has 0 aliphatic heterocycles. The van der Waals surface area contributed by atoms with Gasteiger partial charge in [-0.1, -0.05) is 11.6 Å². The topological polar surface area (TPSA) is 63.5 Å². The Bertz CT molecular complexity index is 509. The molecule has 1 unspecified atom stereocenters. The number of hydrogen-bond acceptors (Lipinski definition) is 3. The number of aliphatic hydroxyl groups excluding tert-OH is 1. The second kappa shape index (κ2) is 4.41. The fourth-order valence-corrected chi connectivity index (χ4v) is 1.97. The van der Waals surface area contributed by atoms with Crippen LogP contribution in [0.2, 0.25) is 5.15 Å². The van der Waals surface area contributed by atoms with Crippen LogP contribution in [0.5, 0.6) is 0 Å². The summed E-state index contributed by atoms with van der Waals surface area (Å²) in [5.41, 5.74) is 8.44. The van der Waals surface area contributed by atoms with Crippen molar-refractivity contribution < 1.29 is 5.11 Å². The van der Waals surface area contributed by atoms with Crippen LogP contribution in [0.1, 0.15) is 23.7 Å². The zero-order chi connectivity index (χ0) is 11.7. The summed E-state index contributed by atoms with van der Waals surface area (Å²) in [6.45, 7) is 2.03. The highest BCUT2D eigenvalue weighted by molar-refractivity contribution is 6.30. The molecule has 0 bridgehead atoms. The maximum atomic E-state index is 8.85. The van der Waals surface area contributed by atoms with E-state index in [9.17, 15) is 0 Å². The van der Waals surface area contributed by atoms with Crippen molar-refractivity contribution in [1.82, 2.24) is 9.38 Å². The molecule has 3 N–H and O–H groups in total. The molecule has 2 heterocycles. The zero-order valence-corrected chi connectivity index (χ0v) is 9.78. The predicted octanol–water partition coefficient (Wildman–Crippen LogP) is 1.68. The molecule has 0 saturated carbocycles. The Morgan fingerprint density at radius 1 is 1.62 bits per heavy atom. The second-order valence-electron chi connectivity index (χ2n) is 3.84. The van der Waals surface area contributed by atoms with Crippen molar-refractivity contribution in [2.75, 3.05) is 6.61 Å². The van der Waals surface area contributed by atoms with E-state index in [1.807, 2.05) is 25.3 Å². The third-order valence-corrected chi connectivity index (χ3v) is 2.92. The molecule has 0 aliphatic rings. The molecule has 86 valence electrons. The van der Waals surface area contributed by atoms with E-state index in [4.69, 9.17) is 22.4 Å². The Labute approximate surface area is 98.7 Å². The molecule has 0 aromatic carbocycles. The van der Waals surface area contributed by atoms with Crippen LogP contribution in [-0.4, -0.2) is 21.1 Å². The van der Waals surface area contributed by atoms with E-state index < -0.39 is 0 Å². The SMILES string of the molecule is Cc1ccn2c(Cl)c(C(N)CCO)nc2c1. The lowest BCUT2D eigenvalue weighted by Gasteiger charge is -2.06. The fraction of sp³-hybridized carbons (Fsp3) is 0.364. The van der Waals surface area contributed by atoms with Crippen LogP contribution in [0.3, 0.4) is 0 Å². The number of nitrogens with two attached hydrogens (primary N) is 1. The first kappa shape index (κ1) is 11.4. The molecule has 0 aliphatic carbocycles. The first-order chi connectivity index (χ1) is 7.63. The van der Waals surface area contributed by atoms with Gasteiger partial charge in [-0.25, -0.2) is 4.98 Å². The Balaban J connectivity index is 2.51. The lowest BCUT2D eigenvalue weighted by atomic mass is 10.2. The molecule has 5 heteroatoms. The van der Waals surface area contributed by atoms with Crippen LogP contribution < -0.4 is 5.73 Å². The fourth-order valence-electron chi connectivity index (χ4n) is 1.65. The highest BCUT2D eigenvalue weighted by Crippen LogP contribution is 2.24. The van der Waals surface area contributed by atoms with Crippen LogP contribution in [-0.2, 0) is 0 Å². The zero-order valence-electron chi connectivity index (χ0n) is 9.02. The number of fused-ring (bicyclic) bond motifs is 1. The average Bonchev–Trinajstić information content (AvgIpc) is 2.56. The Morgan fingerprint density at radius 3 is 3.06 bits per heavy atom. The van der Waals surface area contributed by atoms with E-state index in [2.05, 4.69) is 4.98 Å². The number of aromatic nitrogens is 2. The van der Waals surface area contributed by atoms with E-state index >= 15 is 0 Å². The van der Waals surface area contributed by atoms with Gasteiger partial charge in [-0.15, -0.1) is 0 Å². The van der Waals surface area contributed by atoms with Gasteiger partial charge in [-0.3, -0.25) is 4.40 Å². The van der Waals surface area contributed by atoms with E-state index in [0.717, 1.165) is 11.2 Å². The third kappa shape index (κ3) is 1.91. The van der Waals surface area contributed by atoms with Gasteiger partial charge < -0.3 is 10.8 Å². The van der Waals surface area contributed by atoms with Crippen LogP contribution in [0, 0.1) is 6.92 Å². The molecule has 1 atom stereocenters. The average molecular weight is 240 g/mol. The van der Waals surface area contributed by atoms with Crippen molar-refractivity contribution in [2.24, 2.45) is 5.73 Å². The maximum Gasteiger partial charge on any atom is 0.138 e. The van der Waals surface area contributed by atoms with Gasteiger partial charge in [0.1, 0.15) is 10.8 Å². The molecular weight excluding hydrogens is 226 g/mol. The monoisotopic (exact) mass is 239 g/mol. The predicted molar refractivity (Wildman–Crippen MR) is 63.6 cm³/mol. The largest absolute Gasteiger partial charge is 0.396 e. The Hall–Kier alpha value is -1.10. The van der Waals surface area contributed by atoms with Gasteiger partial charge in [0.2, 0.25) is 0 Å². The van der Waals surface area contributed by atoms with Gasteiger partial charge in [0.05, 0.1) is 11.7 Å². The van der Waals surface area contributed by atoms with E-state index in [-0.39, 0.29) is 12.6 Å². The first-order valence-electron chi connectivity index (χ1n) is 5.14. The van der Waals surface area contributed by atoms with Crippen LogP contribution in [0.15, 0.2) is 18.3 Å². The van der Waals surface area contributed by atoms with Gasteiger partial charge in [0.25, 0.3) is 0 Å². The molecule has 0 fully saturated rings. The van der Waals surface area contributed by atoms with Crippen LogP contribution in [0.25, 0.3) is 5.65 Å². The molecule has 0 saturated heterocycles. The number of hydrogen-bond donors (Lipinski definition) is 2. The smallest absolute Gasteiger partial charge is 0.138 e. The summed E-state index contributed by atoms with van der Waals surface area (Å²) >= 11 is 6.18. The summed E-state index contributed by atoms with van der Waals surface area (Å²) in [6.07, 6.45) is 2.33. The van der Waals surface area contributed by atoms with Crippen molar-refractivity contribution in [3.8, 4) is 0 Å². The minimum absolute atomic E-state index is 0.0321. The summed E-state index contributed by atoms with van der Waals surface area (Å²) < 4.78 is 1.79. The van der Waals surface area contributed by atoms with Crippen molar-refractivity contribution in [3.05, 3.63) is 34.7 Å². The molecular formula is C11H14ClN3O. The first-order valence-corrected chi connectivity index (χ1v) is 5.52. The molecule has 0 spiro atoms. The molecule has 16 heavy (non-hydrogen) atoms. The lowest BCUT2D eigenvalue weighted by molar-refractivity contribution is 0.276. The molecule has 4 nitrogen and oxygen atoms in total. The summed E-state index contributed by atoms with van der Waals surface area (Å²) in [4.78, 5) is 4.39. The Morgan fingerprint density at radius 2 is 2.38 bits per heavy atom. The van der Waals surface area contributed by atoms with Crippen molar-refractivity contribution in [2.45, 2.75) is 19.4 Å². The lowest BCUT2D eigenvalue weighted by Crippen LogP contribution is -2.12. The molecule has 2 aromatic rings. The second-order valence-corrected chi connectivity index (χ2v) is 4.20. The number of halogens is 1. The van der Waals surface area contributed by atoms with Gasteiger partial charge in [0, 0.05) is 12.8 Å². The summed E-state index contributed by atoms with van der Waals surface area (Å²) in [6, 6.07) is 3.58. The van der Waals surface area contributed by atoms with Gasteiger partial charge in [0.15, 0.2) is 0 Å². The highest BCUT2D eigenvalue weighted by atomic mass is 35.5. The molecule has 2 rings (SSSR count). The molecule has 0 amide bonds. The summed E-state index contributed by atoms with van der Waals surface area (Å²) in [5, 5.41) is 9.37. The van der Waals surface area contributed by atoms with Crippen LogP contribution >= 0.6 is 11.6 Å². The minimum atomic E-state index is -0.322. The van der Waals surface area contributed by atoms with Crippen molar-refractivity contribution in [3.63, 3.8) is 0 Å². The third-order valence-electron chi connectivity index (χ3n) is 2.54. The normalized spacial score (nSPS) is 13.2. The standard InChI is InChI=1S/C11H14ClN3O/c1-7-2-4-15-9(6-7)14-10(11(15)12)8(13)3-5-16/h2,4,6,8,16H,3,5,13H2,1H3. The molecule has 0 radical (unpaired) electrons. The number of nitrogens with zero attached hydrogens (tertiary/aromatic N) is 2. The van der Waals surface area contributed by atoms with Crippen molar-refractivity contribution in [1.29, 1.82) is 0 Å². The minimum Gasteiger partial charge on any atom is -0.396 e. The summed E-state index contributed by atoms with van der Waals surface area (Å²) in [5.74, 6) is 0. The number of aliphatic hydroxyl groups is 1. The van der Waals surface area contributed by atoms with Gasteiger partial charge in [-0.2, -0.15) is 0 Å². The quantitative estimate of drug-likeness (QED) is 0.857. The van der Waals surface area contributed by atoms with E-state index in [1.165, 1.54) is 0 Å². The van der Waals surface area contributed by atoms with Gasteiger partial charge >= 0.3 is 0 Å². The number of pyridine rings is 1. The Kier molecular flexibility index (Phi) is 3.14. The summed E-state index contributed by atoms with van der Waals surface area (Å²) in [7, 11) is 0. The highest BCUT2D eigenvalue weighted by Gasteiger charge is 2.16. The van der Waals surface area contributed by atoms with Crippen molar-refractivity contribution >= 4 is 17.2 Å². The van der Waals surface area contributed by atoms with Gasteiger partial charge in [-0.05, 0) is 31.0 Å². The number of aryl methyl sites for hydroxylation is 1. The molecule has 2 aromatic heterocycles. The van der Waals surface area contributed by atoms with Crippen LogP contribution in [0.4, 0.5) is 0 Å². The van der Waals surface area contributed by atoms with E-state index in [0.29, 0.717) is 17.3 Å². The van der Waals surface area contributed by atoms with E-state index in [1.54, 1.807) is 4.40 Å². The maximum absolute atomic E-state index is 8.85. The number of imidazole rings is 1. The number of rotatable bonds is 3.